The fourth-order valence-electron chi connectivity index (χ4n) is 2.02. The molecule has 9 heteroatoms. The zero-order valence-electron chi connectivity index (χ0n) is 12.8. The Morgan fingerprint density at radius 3 is 2.56 bits per heavy atom. The van der Waals surface area contributed by atoms with E-state index in [1.54, 1.807) is 0 Å². The third-order valence-electron chi connectivity index (χ3n) is 3.26. The lowest BCUT2D eigenvalue weighted by Gasteiger charge is -2.01. The van der Waals surface area contributed by atoms with Gasteiger partial charge in [0.1, 0.15) is 5.82 Å². The lowest BCUT2D eigenvalue weighted by Crippen LogP contribution is -1.97. The highest BCUT2D eigenvalue weighted by molar-refractivity contribution is 7.99. The van der Waals surface area contributed by atoms with Gasteiger partial charge in [0, 0.05) is 17.2 Å². The predicted molar refractivity (Wildman–Crippen MR) is 86.9 cm³/mol. The molecular formula is C16H10FN3O4S. The minimum absolute atomic E-state index is 0.0954. The molecule has 0 atom stereocenters. The Labute approximate surface area is 145 Å². The molecule has 0 aliphatic rings. The Balaban J connectivity index is 1.89. The number of hydrogen-bond acceptors (Lipinski definition) is 7. The van der Waals surface area contributed by atoms with Crippen molar-refractivity contribution >= 4 is 23.2 Å². The van der Waals surface area contributed by atoms with Crippen molar-refractivity contribution in [3.8, 4) is 11.5 Å². The number of nitro benzene ring substituents is 1. The number of Topliss-reactive ketones (excluding diaryl/α,β-unsaturated/α-hetero) is 1. The summed E-state index contributed by atoms with van der Waals surface area (Å²) in [5.41, 5.74) is 0.551. The number of ketones is 1. The maximum absolute atomic E-state index is 12.9. The van der Waals surface area contributed by atoms with Gasteiger partial charge in [0.15, 0.2) is 5.78 Å². The lowest BCUT2D eigenvalue weighted by molar-refractivity contribution is -0.387. The standard InChI is InChI=1S/C16H10FN3O4S/c1-9(21)11-4-7-14(13(8-11)20(22)23)25-16-19-18-15(24-16)10-2-5-12(17)6-3-10/h2-8H,1H3. The van der Waals surface area contributed by atoms with Crippen LogP contribution in [-0.4, -0.2) is 20.9 Å². The van der Waals surface area contributed by atoms with Gasteiger partial charge >= 0.3 is 0 Å². The number of aromatic nitrogens is 2. The Kier molecular flexibility index (Phi) is 4.57. The molecule has 0 unspecified atom stereocenters. The average Bonchev–Trinajstić information content (AvgIpc) is 3.04. The van der Waals surface area contributed by atoms with Crippen LogP contribution in [0.25, 0.3) is 11.5 Å². The molecule has 1 heterocycles. The smallest absolute Gasteiger partial charge is 0.284 e. The average molecular weight is 359 g/mol. The van der Waals surface area contributed by atoms with E-state index >= 15 is 0 Å². The fraction of sp³-hybridized carbons (Fsp3) is 0.0625. The first kappa shape index (κ1) is 16.8. The van der Waals surface area contributed by atoms with E-state index in [4.69, 9.17) is 4.42 Å². The van der Waals surface area contributed by atoms with Gasteiger partial charge in [-0.05, 0) is 55.1 Å². The molecule has 25 heavy (non-hydrogen) atoms. The molecule has 7 nitrogen and oxygen atoms in total. The topological polar surface area (TPSA) is 99.1 Å². The highest BCUT2D eigenvalue weighted by atomic mass is 32.2. The van der Waals surface area contributed by atoms with Gasteiger partial charge in [-0.3, -0.25) is 14.9 Å². The van der Waals surface area contributed by atoms with Crippen LogP contribution in [0.1, 0.15) is 17.3 Å². The molecule has 3 aromatic rings. The summed E-state index contributed by atoms with van der Waals surface area (Å²) in [5.74, 6) is -0.486. The summed E-state index contributed by atoms with van der Waals surface area (Å²) in [6.07, 6.45) is 0. The summed E-state index contributed by atoms with van der Waals surface area (Å²) in [7, 11) is 0. The Hall–Kier alpha value is -3.07. The molecule has 3 rings (SSSR count). The number of hydrogen-bond donors (Lipinski definition) is 0. The van der Waals surface area contributed by atoms with Crippen LogP contribution in [0.3, 0.4) is 0 Å². The predicted octanol–water partition coefficient (Wildman–Crippen LogP) is 4.14. The van der Waals surface area contributed by atoms with E-state index in [2.05, 4.69) is 10.2 Å². The molecule has 0 aliphatic heterocycles. The fourth-order valence-corrected chi connectivity index (χ4v) is 2.78. The van der Waals surface area contributed by atoms with Crippen molar-refractivity contribution in [2.75, 3.05) is 0 Å². The summed E-state index contributed by atoms with van der Waals surface area (Å²) in [5, 5.41) is 19.0. The summed E-state index contributed by atoms with van der Waals surface area (Å²) in [6, 6.07) is 9.66. The van der Waals surface area contributed by atoms with Crippen molar-refractivity contribution in [1.82, 2.24) is 10.2 Å². The van der Waals surface area contributed by atoms with Gasteiger partial charge in [0.2, 0.25) is 5.89 Å². The normalized spacial score (nSPS) is 10.6. The van der Waals surface area contributed by atoms with Gasteiger partial charge < -0.3 is 4.42 Å². The SMILES string of the molecule is CC(=O)c1ccc(Sc2nnc(-c3ccc(F)cc3)o2)c([N+](=O)[O-])c1. The molecule has 0 amide bonds. The Morgan fingerprint density at radius 1 is 1.20 bits per heavy atom. The quantitative estimate of drug-likeness (QED) is 0.383. The zero-order chi connectivity index (χ0) is 18.0. The van der Waals surface area contributed by atoms with Crippen molar-refractivity contribution in [3.05, 3.63) is 64.0 Å². The number of nitrogens with zero attached hydrogens (tertiary/aromatic N) is 3. The van der Waals surface area contributed by atoms with Crippen LogP contribution in [0, 0.1) is 15.9 Å². The van der Waals surface area contributed by atoms with E-state index in [0.29, 0.717) is 5.56 Å². The highest BCUT2D eigenvalue weighted by Gasteiger charge is 2.20. The number of halogens is 1. The molecule has 0 saturated carbocycles. The summed E-state index contributed by atoms with van der Waals surface area (Å²) in [4.78, 5) is 22.3. The molecule has 2 aromatic carbocycles. The van der Waals surface area contributed by atoms with E-state index in [0.717, 1.165) is 11.8 Å². The van der Waals surface area contributed by atoms with Gasteiger partial charge in [-0.15, -0.1) is 10.2 Å². The van der Waals surface area contributed by atoms with Gasteiger partial charge in [0.25, 0.3) is 10.9 Å². The van der Waals surface area contributed by atoms with Crippen LogP contribution in [0.15, 0.2) is 57.0 Å². The van der Waals surface area contributed by atoms with Gasteiger partial charge in [0.05, 0.1) is 9.82 Å². The number of benzene rings is 2. The minimum atomic E-state index is -0.577. The van der Waals surface area contributed by atoms with E-state index < -0.39 is 4.92 Å². The van der Waals surface area contributed by atoms with E-state index in [1.165, 1.54) is 49.4 Å². The molecule has 1 aromatic heterocycles. The zero-order valence-corrected chi connectivity index (χ0v) is 13.6. The van der Waals surface area contributed by atoms with E-state index in [-0.39, 0.29) is 38.9 Å². The summed E-state index contributed by atoms with van der Waals surface area (Å²) in [6.45, 7) is 1.33. The second-order valence-corrected chi connectivity index (χ2v) is 5.97. The van der Waals surface area contributed by atoms with Crippen molar-refractivity contribution in [1.29, 1.82) is 0 Å². The molecule has 0 aliphatic carbocycles. The monoisotopic (exact) mass is 359 g/mol. The van der Waals surface area contributed by atoms with Crippen LogP contribution >= 0.6 is 11.8 Å². The lowest BCUT2D eigenvalue weighted by atomic mass is 10.1. The number of rotatable bonds is 5. The van der Waals surface area contributed by atoms with Gasteiger partial charge in [-0.1, -0.05) is 0 Å². The van der Waals surface area contributed by atoms with Crippen LogP contribution in [0.4, 0.5) is 10.1 Å². The third-order valence-corrected chi connectivity index (χ3v) is 4.16. The molecule has 0 bridgehead atoms. The van der Waals surface area contributed by atoms with E-state index in [1.807, 2.05) is 0 Å². The number of nitro groups is 1. The maximum Gasteiger partial charge on any atom is 0.284 e. The Morgan fingerprint density at radius 2 is 1.92 bits per heavy atom. The van der Waals surface area contributed by atoms with Crippen molar-refractivity contribution in [3.63, 3.8) is 0 Å². The van der Waals surface area contributed by atoms with Gasteiger partial charge in [-0.25, -0.2) is 4.39 Å². The van der Waals surface area contributed by atoms with Crippen molar-refractivity contribution < 1.29 is 18.5 Å². The molecule has 0 N–H and O–H groups in total. The maximum atomic E-state index is 12.9. The second-order valence-electron chi connectivity index (χ2n) is 4.98. The van der Waals surface area contributed by atoms with Gasteiger partial charge in [-0.2, -0.15) is 0 Å². The summed E-state index contributed by atoms with van der Waals surface area (Å²) >= 11 is 0.914. The first-order valence-electron chi connectivity index (χ1n) is 7.00. The summed E-state index contributed by atoms with van der Waals surface area (Å²) < 4.78 is 18.4. The molecule has 0 radical (unpaired) electrons. The largest absolute Gasteiger partial charge is 0.411 e. The molecule has 0 spiro atoms. The van der Waals surface area contributed by atoms with Crippen LogP contribution in [0.5, 0.6) is 0 Å². The van der Waals surface area contributed by atoms with Crippen LogP contribution in [-0.2, 0) is 0 Å². The molecule has 126 valence electrons. The second kappa shape index (κ2) is 6.81. The molecule has 0 fully saturated rings. The number of carbonyl (C=O) groups excluding carboxylic acids is 1. The van der Waals surface area contributed by atoms with Crippen LogP contribution in [0.2, 0.25) is 0 Å². The Bertz CT molecular complexity index is 956. The van der Waals surface area contributed by atoms with E-state index in [9.17, 15) is 19.3 Å². The van der Waals surface area contributed by atoms with Crippen molar-refractivity contribution in [2.45, 2.75) is 17.0 Å². The highest BCUT2D eigenvalue weighted by Crippen LogP contribution is 2.35. The van der Waals surface area contributed by atoms with Crippen molar-refractivity contribution in [2.24, 2.45) is 0 Å². The first-order chi connectivity index (χ1) is 11.9. The molecule has 0 saturated heterocycles. The molecular weight excluding hydrogens is 349 g/mol. The minimum Gasteiger partial charge on any atom is -0.411 e. The third kappa shape index (κ3) is 3.72. The first-order valence-corrected chi connectivity index (χ1v) is 7.82. The van der Waals surface area contributed by atoms with Crippen LogP contribution < -0.4 is 0 Å². The number of carbonyl (C=O) groups is 1.